The van der Waals surface area contributed by atoms with E-state index in [0.29, 0.717) is 25.9 Å². The molecule has 5 heteroatoms. The molecule has 0 atom stereocenters. The van der Waals surface area contributed by atoms with Gasteiger partial charge in [-0.05, 0) is 50.4 Å². The normalized spacial score (nSPS) is 18.2. The molecule has 1 aromatic carbocycles. The Balaban J connectivity index is 1.75. The molecule has 1 aliphatic heterocycles. The number of fused-ring (bicyclic) bond motifs is 1. The highest BCUT2D eigenvalue weighted by Gasteiger charge is 2.37. The summed E-state index contributed by atoms with van der Waals surface area (Å²) in [6.45, 7) is 6.61. The van der Waals surface area contributed by atoms with Gasteiger partial charge in [-0.2, -0.15) is 0 Å². The third-order valence-corrected chi connectivity index (χ3v) is 5.19. The van der Waals surface area contributed by atoms with Crippen LogP contribution in [0.25, 0.3) is 10.1 Å². The summed E-state index contributed by atoms with van der Waals surface area (Å²) in [6, 6.07) is 8.13. The third kappa shape index (κ3) is 3.35. The minimum atomic E-state index is -0.872. The van der Waals surface area contributed by atoms with Gasteiger partial charge in [-0.15, -0.1) is 11.3 Å². The molecule has 0 saturated carbocycles. The molecular formula is C18H23NO3S. The van der Waals surface area contributed by atoms with Gasteiger partial charge in [-0.25, -0.2) is 4.79 Å². The molecule has 3 rings (SSSR count). The third-order valence-electron chi connectivity index (χ3n) is 4.22. The maximum atomic E-state index is 12.2. The number of ether oxygens (including phenoxy) is 1. The number of thiophene rings is 1. The van der Waals surface area contributed by atoms with Crippen LogP contribution >= 0.6 is 11.3 Å². The number of carbonyl (C=O) groups excluding carboxylic acids is 1. The van der Waals surface area contributed by atoms with Crippen molar-refractivity contribution in [2.45, 2.75) is 44.8 Å². The Labute approximate surface area is 140 Å². The second-order valence-corrected chi connectivity index (χ2v) is 8.06. The van der Waals surface area contributed by atoms with Crippen molar-refractivity contribution >= 4 is 27.5 Å². The van der Waals surface area contributed by atoms with Crippen molar-refractivity contribution < 1.29 is 14.6 Å². The van der Waals surface area contributed by atoms with Crippen molar-refractivity contribution in [3.05, 3.63) is 35.2 Å². The van der Waals surface area contributed by atoms with E-state index in [1.165, 1.54) is 0 Å². The zero-order chi connectivity index (χ0) is 16.7. The Hall–Kier alpha value is -1.59. The van der Waals surface area contributed by atoms with Crippen molar-refractivity contribution in [3.8, 4) is 0 Å². The summed E-state index contributed by atoms with van der Waals surface area (Å²) in [4.78, 5) is 13.8. The molecule has 2 aromatic rings. The van der Waals surface area contributed by atoms with E-state index in [9.17, 15) is 9.90 Å². The van der Waals surface area contributed by atoms with Crippen LogP contribution in [0.1, 0.15) is 39.2 Å². The van der Waals surface area contributed by atoms with Crippen LogP contribution in [0.5, 0.6) is 0 Å². The van der Waals surface area contributed by atoms with Gasteiger partial charge in [0.15, 0.2) is 0 Å². The summed E-state index contributed by atoms with van der Waals surface area (Å²) in [5.74, 6) is 0. The number of rotatable bonds is 1. The quantitative estimate of drug-likeness (QED) is 0.854. The standard InChI is InChI=1S/C18H23NO3S/c1-17(2,3)22-16(20)19-10-8-18(21,9-11-19)14-6-4-5-13-7-12-23-15(13)14/h4-7,12,21H,8-11H2,1-3H3. The smallest absolute Gasteiger partial charge is 0.410 e. The fourth-order valence-corrected chi connectivity index (χ4v) is 4.02. The molecule has 1 aliphatic rings. The molecule has 0 bridgehead atoms. The minimum Gasteiger partial charge on any atom is -0.444 e. The van der Waals surface area contributed by atoms with E-state index in [2.05, 4.69) is 12.1 Å². The number of nitrogens with zero attached hydrogens (tertiary/aromatic N) is 1. The van der Waals surface area contributed by atoms with Gasteiger partial charge in [0.1, 0.15) is 5.60 Å². The molecule has 1 fully saturated rings. The van der Waals surface area contributed by atoms with Gasteiger partial charge < -0.3 is 14.7 Å². The molecule has 0 aliphatic carbocycles. The Kier molecular flexibility index (Phi) is 4.10. The monoisotopic (exact) mass is 333 g/mol. The van der Waals surface area contributed by atoms with Crippen molar-refractivity contribution in [2.24, 2.45) is 0 Å². The van der Waals surface area contributed by atoms with Crippen LogP contribution in [-0.4, -0.2) is 34.8 Å². The lowest BCUT2D eigenvalue weighted by Crippen LogP contribution is -2.46. The number of amides is 1. The Bertz CT molecular complexity index is 708. The summed E-state index contributed by atoms with van der Waals surface area (Å²) < 4.78 is 6.56. The van der Waals surface area contributed by atoms with Gasteiger partial charge in [0.25, 0.3) is 0 Å². The number of hydrogen-bond acceptors (Lipinski definition) is 4. The number of hydrogen-bond donors (Lipinski definition) is 1. The van der Waals surface area contributed by atoms with Crippen LogP contribution in [0.4, 0.5) is 4.79 Å². The SMILES string of the molecule is CC(C)(C)OC(=O)N1CCC(O)(c2cccc3ccsc23)CC1. The molecule has 23 heavy (non-hydrogen) atoms. The zero-order valence-electron chi connectivity index (χ0n) is 13.8. The van der Waals surface area contributed by atoms with Crippen molar-refractivity contribution in [2.75, 3.05) is 13.1 Å². The second-order valence-electron chi connectivity index (χ2n) is 7.14. The fraction of sp³-hybridized carbons (Fsp3) is 0.500. The average molecular weight is 333 g/mol. The summed E-state index contributed by atoms with van der Waals surface area (Å²) in [7, 11) is 0. The number of carbonyl (C=O) groups is 1. The Morgan fingerprint density at radius 1 is 1.26 bits per heavy atom. The second kappa shape index (κ2) is 5.80. The summed E-state index contributed by atoms with van der Waals surface area (Å²) in [5.41, 5.74) is -0.384. The topological polar surface area (TPSA) is 49.8 Å². The van der Waals surface area contributed by atoms with E-state index < -0.39 is 11.2 Å². The van der Waals surface area contributed by atoms with Gasteiger partial charge >= 0.3 is 6.09 Å². The lowest BCUT2D eigenvalue weighted by molar-refractivity contribution is -0.0346. The first-order valence-corrected chi connectivity index (χ1v) is 8.83. The Morgan fingerprint density at radius 2 is 1.96 bits per heavy atom. The van der Waals surface area contributed by atoms with E-state index in [0.717, 1.165) is 15.6 Å². The van der Waals surface area contributed by atoms with Gasteiger partial charge in [0.05, 0.1) is 5.60 Å². The van der Waals surface area contributed by atoms with E-state index in [1.54, 1.807) is 16.2 Å². The molecule has 4 nitrogen and oxygen atoms in total. The number of benzene rings is 1. The van der Waals surface area contributed by atoms with Crippen molar-refractivity contribution in [1.82, 2.24) is 4.90 Å². The van der Waals surface area contributed by atoms with Crippen LogP contribution in [0, 0.1) is 0 Å². The van der Waals surface area contributed by atoms with Crippen LogP contribution in [0.15, 0.2) is 29.6 Å². The summed E-state index contributed by atoms with van der Waals surface area (Å²) in [6.07, 6.45) is 0.765. The molecule has 1 aromatic heterocycles. The molecule has 2 heterocycles. The zero-order valence-corrected chi connectivity index (χ0v) is 14.7. The van der Waals surface area contributed by atoms with Gasteiger partial charge in [0, 0.05) is 23.4 Å². The van der Waals surface area contributed by atoms with Crippen LogP contribution < -0.4 is 0 Å². The maximum absolute atomic E-state index is 12.2. The van der Waals surface area contributed by atoms with Crippen molar-refractivity contribution in [3.63, 3.8) is 0 Å². The first-order chi connectivity index (χ1) is 10.8. The van der Waals surface area contributed by atoms with Crippen LogP contribution in [-0.2, 0) is 10.3 Å². The highest BCUT2D eigenvalue weighted by molar-refractivity contribution is 7.17. The summed E-state index contributed by atoms with van der Waals surface area (Å²) in [5, 5.41) is 14.3. The van der Waals surface area contributed by atoms with Gasteiger partial charge in [0.2, 0.25) is 0 Å². The molecular weight excluding hydrogens is 310 g/mol. The number of likely N-dealkylation sites (tertiary alicyclic amines) is 1. The van der Waals surface area contributed by atoms with Gasteiger partial charge in [-0.3, -0.25) is 0 Å². The van der Waals surface area contributed by atoms with Crippen molar-refractivity contribution in [1.29, 1.82) is 0 Å². The lowest BCUT2D eigenvalue weighted by atomic mass is 9.84. The molecule has 0 unspecified atom stereocenters. The first-order valence-electron chi connectivity index (χ1n) is 7.96. The minimum absolute atomic E-state index is 0.297. The Morgan fingerprint density at radius 3 is 2.61 bits per heavy atom. The molecule has 0 spiro atoms. The average Bonchev–Trinajstić information content (AvgIpc) is 2.94. The predicted molar refractivity (Wildman–Crippen MR) is 92.8 cm³/mol. The molecule has 1 amide bonds. The maximum Gasteiger partial charge on any atom is 0.410 e. The first kappa shape index (κ1) is 16.3. The van der Waals surface area contributed by atoms with E-state index in [-0.39, 0.29) is 6.09 Å². The highest BCUT2D eigenvalue weighted by atomic mass is 32.1. The van der Waals surface area contributed by atoms with E-state index in [4.69, 9.17) is 4.74 Å². The highest BCUT2D eigenvalue weighted by Crippen LogP contribution is 2.39. The number of piperidine rings is 1. The van der Waals surface area contributed by atoms with E-state index >= 15 is 0 Å². The molecule has 1 N–H and O–H groups in total. The summed E-state index contributed by atoms with van der Waals surface area (Å²) >= 11 is 1.66. The molecule has 1 saturated heterocycles. The number of aliphatic hydroxyl groups is 1. The fourth-order valence-electron chi connectivity index (χ4n) is 3.01. The van der Waals surface area contributed by atoms with Crippen LogP contribution in [0.3, 0.4) is 0 Å². The lowest BCUT2D eigenvalue weighted by Gasteiger charge is -2.39. The largest absolute Gasteiger partial charge is 0.444 e. The predicted octanol–water partition coefficient (Wildman–Crippen LogP) is 4.12. The molecule has 0 radical (unpaired) electrons. The molecule has 124 valence electrons. The van der Waals surface area contributed by atoms with Gasteiger partial charge in [-0.1, -0.05) is 18.2 Å². The van der Waals surface area contributed by atoms with Crippen LogP contribution in [0.2, 0.25) is 0 Å². The van der Waals surface area contributed by atoms with E-state index in [1.807, 2.05) is 38.3 Å².